The Kier molecular flexibility index (Phi) is 4.15. The van der Waals surface area contributed by atoms with Gasteiger partial charge in [0.1, 0.15) is 11.5 Å². The first kappa shape index (κ1) is 13.1. The van der Waals surface area contributed by atoms with E-state index in [1.165, 1.54) is 7.11 Å². The summed E-state index contributed by atoms with van der Waals surface area (Å²) in [5, 5.41) is 9.04. The Balaban J connectivity index is 2.22. The van der Waals surface area contributed by atoms with Crippen molar-refractivity contribution in [2.24, 2.45) is 0 Å². The molecule has 0 aliphatic rings. The monoisotopic (exact) mass is 258 g/mol. The second-order valence-electron chi connectivity index (χ2n) is 3.94. The van der Waals surface area contributed by atoms with Crippen LogP contribution in [0.2, 0.25) is 0 Å². The maximum Gasteiger partial charge on any atom is 0.337 e. The molecular formula is C15H14O4. The largest absolute Gasteiger partial charge is 0.479 e. The van der Waals surface area contributed by atoms with Gasteiger partial charge in [-0.25, -0.2) is 4.79 Å². The van der Waals surface area contributed by atoms with Crippen molar-refractivity contribution in [3.8, 4) is 11.5 Å². The lowest BCUT2D eigenvalue weighted by atomic mass is 10.1. The molecule has 98 valence electrons. The number of carboxylic acid groups (broad SMARTS) is 1. The van der Waals surface area contributed by atoms with Gasteiger partial charge in [0.25, 0.3) is 0 Å². The summed E-state index contributed by atoms with van der Waals surface area (Å²) in [4.78, 5) is 11.0. The van der Waals surface area contributed by atoms with Crippen molar-refractivity contribution in [2.45, 2.75) is 6.10 Å². The fourth-order valence-electron chi connectivity index (χ4n) is 1.75. The molecule has 1 N–H and O–H groups in total. The predicted octanol–water partition coefficient (Wildman–Crippen LogP) is 3.25. The van der Waals surface area contributed by atoms with Crippen LogP contribution in [-0.2, 0) is 9.53 Å². The zero-order valence-electron chi connectivity index (χ0n) is 10.4. The molecule has 4 nitrogen and oxygen atoms in total. The van der Waals surface area contributed by atoms with Gasteiger partial charge < -0.3 is 14.6 Å². The van der Waals surface area contributed by atoms with Crippen molar-refractivity contribution in [3.05, 3.63) is 60.2 Å². The standard InChI is InChI=1S/C15H14O4/c1-18-14(15(16)17)11-6-5-9-13(10-11)19-12-7-3-2-4-8-12/h2-10,14H,1H3,(H,16,17). The van der Waals surface area contributed by atoms with Crippen LogP contribution in [0.25, 0.3) is 0 Å². The van der Waals surface area contributed by atoms with Crippen molar-refractivity contribution in [2.75, 3.05) is 7.11 Å². The molecule has 0 heterocycles. The van der Waals surface area contributed by atoms with Crippen LogP contribution in [0.3, 0.4) is 0 Å². The minimum absolute atomic E-state index is 0.545. The Labute approximate surface area is 111 Å². The van der Waals surface area contributed by atoms with E-state index >= 15 is 0 Å². The van der Waals surface area contributed by atoms with E-state index in [1.807, 2.05) is 30.3 Å². The number of carboxylic acids is 1. The molecule has 0 saturated carbocycles. The lowest BCUT2D eigenvalue weighted by Gasteiger charge is -2.12. The molecule has 2 aromatic carbocycles. The molecule has 1 atom stereocenters. The maximum absolute atomic E-state index is 11.0. The Hall–Kier alpha value is -2.33. The first-order valence-electron chi connectivity index (χ1n) is 5.79. The third kappa shape index (κ3) is 3.33. The van der Waals surface area contributed by atoms with Crippen molar-refractivity contribution < 1.29 is 19.4 Å². The summed E-state index contributed by atoms with van der Waals surface area (Å²) in [6, 6.07) is 16.2. The summed E-state index contributed by atoms with van der Waals surface area (Å²) in [5.74, 6) is 0.246. The number of carbonyl (C=O) groups is 1. The number of rotatable bonds is 5. The number of para-hydroxylation sites is 1. The lowest BCUT2D eigenvalue weighted by Crippen LogP contribution is -2.13. The van der Waals surface area contributed by atoms with Crippen LogP contribution in [0.1, 0.15) is 11.7 Å². The molecule has 0 amide bonds. The molecule has 4 heteroatoms. The smallest absolute Gasteiger partial charge is 0.337 e. The molecule has 2 rings (SSSR count). The molecule has 0 saturated heterocycles. The Morgan fingerprint density at radius 3 is 2.37 bits per heavy atom. The third-order valence-corrected chi connectivity index (χ3v) is 2.60. The van der Waals surface area contributed by atoms with Crippen LogP contribution >= 0.6 is 0 Å². The van der Waals surface area contributed by atoms with Crippen molar-refractivity contribution in [1.82, 2.24) is 0 Å². The first-order chi connectivity index (χ1) is 9.20. The quantitative estimate of drug-likeness (QED) is 0.894. The molecule has 0 spiro atoms. The number of hydrogen-bond donors (Lipinski definition) is 1. The van der Waals surface area contributed by atoms with E-state index < -0.39 is 12.1 Å². The fraction of sp³-hybridized carbons (Fsp3) is 0.133. The highest BCUT2D eigenvalue weighted by Gasteiger charge is 2.19. The van der Waals surface area contributed by atoms with Crippen LogP contribution in [0, 0.1) is 0 Å². The maximum atomic E-state index is 11.0. The lowest BCUT2D eigenvalue weighted by molar-refractivity contribution is -0.148. The van der Waals surface area contributed by atoms with Gasteiger partial charge in [-0.15, -0.1) is 0 Å². The van der Waals surface area contributed by atoms with Crippen LogP contribution in [-0.4, -0.2) is 18.2 Å². The van der Waals surface area contributed by atoms with Crippen LogP contribution in [0.5, 0.6) is 11.5 Å². The fourth-order valence-corrected chi connectivity index (χ4v) is 1.75. The van der Waals surface area contributed by atoms with Gasteiger partial charge in [-0.3, -0.25) is 0 Å². The van der Waals surface area contributed by atoms with Crippen molar-refractivity contribution in [3.63, 3.8) is 0 Å². The molecule has 0 bridgehead atoms. The molecule has 0 fully saturated rings. The van der Waals surface area contributed by atoms with E-state index in [0.717, 1.165) is 0 Å². The summed E-state index contributed by atoms with van der Waals surface area (Å²) in [6.07, 6.45) is -0.987. The minimum atomic E-state index is -1.03. The predicted molar refractivity (Wildman–Crippen MR) is 70.3 cm³/mol. The van der Waals surface area contributed by atoms with Crippen molar-refractivity contribution >= 4 is 5.97 Å². The molecule has 2 aromatic rings. The highest BCUT2D eigenvalue weighted by Crippen LogP contribution is 2.25. The van der Waals surface area contributed by atoms with Gasteiger partial charge in [0.15, 0.2) is 6.10 Å². The van der Waals surface area contributed by atoms with Crippen molar-refractivity contribution in [1.29, 1.82) is 0 Å². The highest BCUT2D eigenvalue weighted by atomic mass is 16.5. The number of ether oxygens (including phenoxy) is 2. The molecule has 0 aromatic heterocycles. The Bertz CT molecular complexity index is 551. The zero-order chi connectivity index (χ0) is 13.7. The summed E-state index contributed by atoms with van der Waals surface area (Å²) in [6.45, 7) is 0. The van der Waals surface area contributed by atoms with Gasteiger partial charge in [0.2, 0.25) is 0 Å². The molecule has 0 aliphatic carbocycles. The number of methoxy groups -OCH3 is 1. The normalized spacial score (nSPS) is 11.8. The van der Waals surface area contributed by atoms with E-state index in [1.54, 1.807) is 24.3 Å². The topological polar surface area (TPSA) is 55.8 Å². The average molecular weight is 258 g/mol. The second kappa shape index (κ2) is 6.02. The van der Waals surface area contributed by atoms with E-state index in [4.69, 9.17) is 14.6 Å². The SMILES string of the molecule is COC(C(=O)O)c1cccc(Oc2ccccc2)c1. The van der Waals surface area contributed by atoms with E-state index in [-0.39, 0.29) is 0 Å². The minimum Gasteiger partial charge on any atom is -0.479 e. The van der Waals surface area contributed by atoms with Gasteiger partial charge in [-0.1, -0.05) is 30.3 Å². The first-order valence-corrected chi connectivity index (χ1v) is 5.79. The van der Waals surface area contributed by atoms with Gasteiger partial charge in [0, 0.05) is 7.11 Å². The molecule has 0 aliphatic heterocycles. The molecule has 0 radical (unpaired) electrons. The summed E-state index contributed by atoms with van der Waals surface area (Å²) in [5.41, 5.74) is 0.545. The molecule has 19 heavy (non-hydrogen) atoms. The highest BCUT2D eigenvalue weighted by molar-refractivity contribution is 5.74. The zero-order valence-corrected chi connectivity index (χ0v) is 10.4. The number of hydrogen-bond acceptors (Lipinski definition) is 3. The number of benzene rings is 2. The summed E-state index contributed by atoms with van der Waals surface area (Å²) < 4.78 is 10.6. The summed E-state index contributed by atoms with van der Waals surface area (Å²) >= 11 is 0. The van der Waals surface area contributed by atoms with Crippen LogP contribution < -0.4 is 4.74 Å². The Morgan fingerprint density at radius 2 is 1.74 bits per heavy atom. The van der Waals surface area contributed by atoms with Gasteiger partial charge >= 0.3 is 5.97 Å². The van der Waals surface area contributed by atoms with Gasteiger partial charge in [-0.2, -0.15) is 0 Å². The van der Waals surface area contributed by atoms with E-state index in [2.05, 4.69) is 0 Å². The molecule has 1 unspecified atom stereocenters. The third-order valence-electron chi connectivity index (χ3n) is 2.60. The van der Waals surface area contributed by atoms with E-state index in [9.17, 15) is 4.79 Å². The molecular weight excluding hydrogens is 244 g/mol. The Morgan fingerprint density at radius 1 is 1.05 bits per heavy atom. The summed E-state index contributed by atoms with van der Waals surface area (Å²) in [7, 11) is 1.36. The second-order valence-corrected chi connectivity index (χ2v) is 3.94. The average Bonchev–Trinajstić information content (AvgIpc) is 2.41. The van der Waals surface area contributed by atoms with Crippen LogP contribution in [0.4, 0.5) is 0 Å². The van der Waals surface area contributed by atoms with Gasteiger partial charge in [-0.05, 0) is 29.8 Å². The van der Waals surface area contributed by atoms with E-state index in [0.29, 0.717) is 17.1 Å². The van der Waals surface area contributed by atoms with Crippen LogP contribution in [0.15, 0.2) is 54.6 Å². The van der Waals surface area contributed by atoms with Gasteiger partial charge in [0.05, 0.1) is 0 Å². The number of aliphatic carboxylic acids is 1.